The monoisotopic (exact) mass is 797 g/mol. The topological polar surface area (TPSA) is 104 Å². The van der Waals surface area contributed by atoms with Gasteiger partial charge in [-0.2, -0.15) is 0 Å². The van der Waals surface area contributed by atoms with Gasteiger partial charge in [-0.25, -0.2) is 8.78 Å². The molecule has 6 aliphatic carbocycles. The largest absolute Gasteiger partial charge is 0.481 e. The van der Waals surface area contributed by atoms with Crippen LogP contribution in [0.4, 0.5) is 8.78 Å². The maximum Gasteiger partial charge on any atom is 0.309 e. The van der Waals surface area contributed by atoms with Crippen molar-refractivity contribution in [1.29, 1.82) is 0 Å². The number of amides is 1. The fourth-order valence-corrected chi connectivity index (χ4v) is 15.6. The number of Topliss-reactive ketones (excluding diaryl/α,β-unsaturated/α-hetero) is 1. The molecule has 0 unspecified atom stereocenters. The van der Waals surface area contributed by atoms with Crippen molar-refractivity contribution in [3.63, 3.8) is 0 Å². The number of hydrogen-bond donors (Lipinski definition) is 1. The number of hydrogen-bond acceptors (Lipinski definition) is 6. The quantitative estimate of drug-likeness (QED) is 0.257. The predicted octanol–water partition coefficient (Wildman–Crippen LogP) is 8.96. The summed E-state index contributed by atoms with van der Waals surface area (Å²) in [5.74, 6) is -3.42. The second-order valence-corrected chi connectivity index (χ2v) is 22.2. The molecule has 2 aliphatic heterocycles. The van der Waals surface area contributed by atoms with Crippen LogP contribution in [0.1, 0.15) is 145 Å². The van der Waals surface area contributed by atoms with Crippen molar-refractivity contribution in [1.82, 2.24) is 9.80 Å². The zero-order valence-corrected chi connectivity index (χ0v) is 36.1. The standard InChI is InChI=1S/C47H70F2N2O6/c1-27(2)37-33(52)25-46(41(56)51-21-9-10-29(51)26-50-22-19-47(48,49)20-23-50)18-17-44(7)32(38(37)46)11-12-35-43(6)15-14-36(42(4,5)34(43)13-16-45(35,44)8)57-40(55)31-24-30(28(31)3)39(53)54/h27-32,34-36H,9-26H2,1-8H3,(H,53,54)/t28-,29+,30-,31+,32-,34+,35-,36+,43+,44-,45-,46-/m1/s1. The summed E-state index contributed by atoms with van der Waals surface area (Å²) in [6, 6.07) is -0.00799. The van der Waals surface area contributed by atoms with Gasteiger partial charge < -0.3 is 19.6 Å². The molecular formula is C47H70F2N2O6. The van der Waals surface area contributed by atoms with Gasteiger partial charge in [-0.05, 0) is 128 Å². The summed E-state index contributed by atoms with van der Waals surface area (Å²) in [6.45, 7) is 20.3. The van der Waals surface area contributed by atoms with E-state index in [1.807, 2.05) is 6.92 Å². The second-order valence-electron chi connectivity index (χ2n) is 22.2. The Bertz CT molecular complexity index is 1720. The molecule has 2 heterocycles. The normalized spacial score (nSPS) is 45.1. The number of nitrogens with zero attached hydrogens (tertiary/aromatic N) is 2. The Morgan fingerprint density at radius 2 is 1.54 bits per heavy atom. The van der Waals surface area contributed by atoms with E-state index in [1.54, 1.807) is 0 Å². The number of rotatable bonds is 7. The molecule has 0 aromatic rings. The van der Waals surface area contributed by atoms with Gasteiger partial charge in [0.2, 0.25) is 5.91 Å². The maximum absolute atomic E-state index is 15.3. The zero-order chi connectivity index (χ0) is 41.2. The highest BCUT2D eigenvalue weighted by atomic mass is 19.3. The number of likely N-dealkylation sites (tertiary alicyclic amines) is 2. The van der Waals surface area contributed by atoms with Crippen LogP contribution in [0.15, 0.2) is 11.1 Å². The maximum atomic E-state index is 15.3. The number of piperidine rings is 1. The molecule has 8 rings (SSSR count). The third kappa shape index (κ3) is 6.06. The summed E-state index contributed by atoms with van der Waals surface area (Å²) in [4.78, 5) is 58.8. The van der Waals surface area contributed by atoms with Gasteiger partial charge in [-0.1, -0.05) is 55.4 Å². The van der Waals surface area contributed by atoms with Crippen LogP contribution in [-0.4, -0.2) is 82.8 Å². The van der Waals surface area contributed by atoms with E-state index in [4.69, 9.17) is 4.74 Å². The van der Waals surface area contributed by atoms with Crippen molar-refractivity contribution in [2.24, 2.45) is 68.5 Å². The van der Waals surface area contributed by atoms with Crippen LogP contribution in [0.25, 0.3) is 0 Å². The summed E-state index contributed by atoms with van der Waals surface area (Å²) in [6.07, 6.45) is 9.40. The molecule has 0 radical (unpaired) electrons. The summed E-state index contributed by atoms with van der Waals surface area (Å²) >= 11 is 0. The number of aliphatic carboxylic acids is 1. The number of alkyl halides is 2. The third-order valence-corrected chi connectivity index (χ3v) is 19.1. The molecule has 10 heteroatoms. The van der Waals surface area contributed by atoms with E-state index in [9.17, 15) is 28.3 Å². The number of allylic oxidation sites excluding steroid dienone is 1. The SMILES string of the molecule is CC(C)C1=C2[C@H]3CC[C@@H]4[C@@]5(C)CC[C@H](OC(=O)[C@H]6C[C@@H](C(=O)O)[C@H]6C)C(C)(C)[C@@H]5CC[C@@]4(C)[C@]3(C)CC[C@@]2(C(=O)N2CCC[C@H]2CN2CCC(F)(F)CC2)CC1=O. The first-order valence-electron chi connectivity index (χ1n) is 22.7. The summed E-state index contributed by atoms with van der Waals surface area (Å²) in [5, 5.41) is 9.51. The minimum absolute atomic E-state index is 0.00357. The molecule has 318 valence electrons. The van der Waals surface area contributed by atoms with E-state index in [-0.39, 0.29) is 94.4 Å². The molecule has 1 amide bonds. The third-order valence-electron chi connectivity index (χ3n) is 19.1. The molecule has 5 saturated carbocycles. The summed E-state index contributed by atoms with van der Waals surface area (Å²) in [7, 11) is 0. The van der Waals surface area contributed by atoms with Gasteiger partial charge >= 0.3 is 11.9 Å². The first kappa shape index (κ1) is 41.4. The molecule has 12 atom stereocenters. The van der Waals surface area contributed by atoms with Gasteiger partial charge in [-0.15, -0.1) is 0 Å². The molecular weight excluding hydrogens is 727 g/mol. The molecule has 1 N–H and O–H groups in total. The number of carbonyl (C=O) groups is 4. The molecule has 2 saturated heterocycles. The van der Waals surface area contributed by atoms with Crippen molar-refractivity contribution < 1.29 is 37.8 Å². The Kier molecular flexibility index (Phi) is 10.0. The molecule has 0 bridgehead atoms. The zero-order valence-electron chi connectivity index (χ0n) is 36.1. The molecule has 8 nitrogen and oxygen atoms in total. The van der Waals surface area contributed by atoms with Crippen LogP contribution in [0.5, 0.6) is 0 Å². The molecule has 57 heavy (non-hydrogen) atoms. The fourth-order valence-electron chi connectivity index (χ4n) is 15.6. The molecule has 0 aromatic carbocycles. The Morgan fingerprint density at radius 1 is 0.842 bits per heavy atom. The van der Waals surface area contributed by atoms with Gasteiger partial charge in [0.1, 0.15) is 6.10 Å². The van der Waals surface area contributed by atoms with Gasteiger partial charge in [0, 0.05) is 56.9 Å². The Balaban J connectivity index is 1.05. The number of fused-ring (bicyclic) bond motifs is 7. The summed E-state index contributed by atoms with van der Waals surface area (Å²) in [5.41, 5.74) is 0.980. The van der Waals surface area contributed by atoms with Crippen molar-refractivity contribution in [3.8, 4) is 0 Å². The lowest BCUT2D eigenvalue weighted by Crippen LogP contribution is -2.66. The fraction of sp³-hybridized carbons (Fsp3) is 0.872. The number of ketones is 1. The highest BCUT2D eigenvalue weighted by molar-refractivity contribution is 6.07. The molecule has 8 aliphatic rings. The van der Waals surface area contributed by atoms with Crippen LogP contribution in [0.3, 0.4) is 0 Å². The molecule has 0 aromatic heterocycles. The number of esters is 1. The lowest BCUT2D eigenvalue weighted by molar-refractivity contribution is -0.235. The molecule has 7 fully saturated rings. The Labute approximate surface area is 339 Å². The first-order valence-corrected chi connectivity index (χ1v) is 22.7. The van der Waals surface area contributed by atoms with Crippen LogP contribution < -0.4 is 0 Å². The lowest BCUT2D eigenvalue weighted by Gasteiger charge is -2.72. The van der Waals surface area contributed by atoms with E-state index in [0.29, 0.717) is 50.9 Å². The highest BCUT2D eigenvalue weighted by Crippen LogP contribution is 2.77. The van der Waals surface area contributed by atoms with Crippen molar-refractivity contribution in [2.75, 3.05) is 26.2 Å². The van der Waals surface area contributed by atoms with E-state index in [1.165, 1.54) is 5.57 Å². The Morgan fingerprint density at radius 3 is 2.19 bits per heavy atom. The van der Waals surface area contributed by atoms with Gasteiger partial charge in [0.25, 0.3) is 5.92 Å². The van der Waals surface area contributed by atoms with E-state index >= 15 is 4.79 Å². The second kappa shape index (κ2) is 13.8. The minimum atomic E-state index is -2.60. The van der Waals surface area contributed by atoms with Crippen molar-refractivity contribution in [3.05, 3.63) is 11.1 Å². The van der Waals surface area contributed by atoms with Gasteiger partial charge in [-0.3, -0.25) is 19.2 Å². The number of carboxylic acid groups (broad SMARTS) is 1. The van der Waals surface area contributed by atoms with Gasteiger partial charge in [0.15, 0.2) is 5.78 Å². The number of carboxylic acids is 1. The van der Waals surface area contributed by atoms with Crippen LogP contribution in [0.2, 0.25) is 0 Å². The molecule has 0 spiro atoms. The first-order chi connectivity index (χ1) is 26.6. The Hall–Kier alpha value is -2.36. The number of ether oxygens (including phenoxy) is 1. The summed E-state index contributed by atoms with van der Waals surface area (Å²) < 4.78 is 34.4. The average Bonchev–Trinajstić information content (AvgIpc) is 3.71. The van der Waals surface area contributed by atoms with Crippen LogP contribution in [0, 0.1) is 68.5 Å². The van der Waals surface area contributed by atoms with Crippen LogP contribution in [-0.2, 0) is 23.9 Å². The van der Waals surface area contributed by atoms with E-state index in [2.05, 4.69) is 58.3 Å². The smallest absolute Gasteiger partial charge is 0.309 e. The predicted molar refractivity (Wildman–Crippen MR) is 213 cm³/mol. The number of halogens is 2. The highest BCUT2D eigenvalue weighted by Gasteiger charge is 2.71. The number of carbonyl (C=O) groups excluding carboxylic acids is 3. The van der Waals surface area contributed by atoms with Crippen molar-refractivity contribution >= 4 is 23.6 Å². The van der Waals surface area contributed by atoms with E-state index in [0.717, 1.165) is 63.4 Å². The van der Waals surface area contributed by atoms with Gasteiger partial charge in [0.05, 0.1) is 17.3 Å². The van der Waals surface area contributed by atoms with E-state index < -0.39 is 23.2 Å². The average molecular weight is 797 g/mol. The lowest BCUT2D eigenvalue weighted by atomic mass is 9.33. The minimum Gasteiger partial charge on any atom is -0.481 e. The van der Waals surface area contributed by atoms with Crippen LogP contribution >= 0.6 is 0 Å². The van der Waals surface area contributed by atoms with Crippen molar-refractivity contribution in [2.45, 2.75) is 163 Å².